The topological polar surface area (TPSA) is 67.9 Å². The highest BCUT2D eigenvalue weighted by Crippen LogP contribution is 2.05. The Morgan fingerprint density at radius 3 is 2.47 bits per heavy atom. The van der Waals surface area contributed by atoms with Crippen LogP contribution in [0.25, 0.3) is 0 Å². The fraction of sp³-hybridized carbons (Fsp3) is 0.250. The molecular weight excluding hydrogens is 221 g/mol. The molecule has 0 aromatic heterocycles. The predicted molar refractivity (Wildman–Crippen MR) is 58.4 cm³/mol. The van der Waals surface area contributed by atoms with Gasteiger partial charge in [0.05, 0.1) is 31.8 Å². The first-order valence-corrected chi connectivity index (χ1v) is 4.92. The Hall–Kier alpha value is -2.24. The average molecular weight is 231 g/mol. The summed E-state index contributed by atoms with van der Waals surface area (Å²) in [6.07, 6.45) is 0. The molecule has 0 aliphatic rings. The maximum Gasteiger partial charge on any atom is 0.176 e. The molecule has 0 fully saturated rings. The summed E-state index contributed by atoms with van der Waals surface area (Å²) in [5, 5.41) is 17.0. The van der Waals surface area contributed by atoms with Crippen molar-refractivity contribution in [2.45, 2.75) is 0 Å². The second kappa shape index (κ2) is 6.37. The number of ketones is 1. The molecule has 5 heteroatoms. The summed E-state index contributed by atoms with van der Waals surface area (Å²) in [6.45, 7) is -0.0756. The van der Waals surface area contributed by atoms with Gasteiger partial charge in [-0.15, -0.1) is 0 Å². The Morgan fingerprint density at radius 1 is 1.29 bits per heavy atom. The molecule has 0 saturated carbocycles. The molecule has 17 heavy (non-hydrogen) atoms. The Balaban J connectivity index is 2.71. The summed E-state index contributed by atoms with van der Waals surface area (Å²) < 4.78 is 12.9. The summed E-state index contributed by atoms with van der Waals surface area (Å²) in [6, 6.07) is 9.07. The molecule has 1 aromatic carbocycles. The van der Waals surface area contributed by atoms with Gasteiger partial charge in [-0.1, -0.05) is 12.1 Å². The van der Waals surface area contributed by atoms with E-state index in [4.69, 9.17) is 10.5 Å². The molecule has 0 unspecified atom stereocenters. The number of nitrogens with zero attached hydrogens (tertiary/aromatic N) is 3. The van der Waals surface area contributed by atoms with Gasteiger partial charge in [0.15, 0.2) is 5.78 Å². The van der Waals surface area contributed by atoms with Crippen molar-refractivity contribution in [3.63, 3.8) is 0 Å². The highest BCUT2D eigenvalue weighted by atomic mass is 19.1. The van der Waals surface area contributed by atoms with Crippen LogP contribution in [0.1, 0.15) is 10.4 Å². The fourth-order valence-corrected chi connectivity index (χ4v) is 1.32. The number of Topliss-reactive ketones (excluding diaryl/α,β-unsaturated/α-hetero) is 1. The summed E-state index contributed by atoms with van der Waals surface area (Å²) in [5.41, 5.74) is 0.242. The maximum atomic E-state index is 12.9. The van der Waals surface area contributed by atoms with E-state index in [0.717, 1.165) is 6.07 Å². The number of carbonyl (C=O) groups excluding carboxylic acids is 1. The van der Waals surface area contributed by atoms with Gasteiger partial charge in [-0.05, 0) is 12.1 Å². The zero-order valence-corrected chi connectivity index (χ0v) is 9.06. The minimum absolute atomic E-state index is 0.00534. The van der Waals surface area contributed by atoms with E-state index in [1.807, 2.05) is 12.1 Å². The van der Waals surface area contributed by atoms with Crippen LogP contribution in [-0.4, -0.2) is 30.3 Å². The van der Waals surface area contributed by atoms with E-state index in [1.165, 1.54) is 23.1 Å². The van der Waals surface area contributed by atoms with Gasteiger partial charge in [0, 0.05) is 5.56 Å². The lowest BCUT2D eigenvalue weighted by molar-refractivity contribution is 0.0946. The third-order valence-corrected chi connectivity index (χ3v) is 2.10. The van der Waals surface area contributed by atoms with Crippen LogP contribution in [-0.2, 0) is 0 Å². The monoisotopic (exact) mass is 231 g/mol. The molecule has 86 valence electrons. The molecule has 0 atom stereocenters. The third-order valence-electron chi connectivity index (χ3n) is 2.10. The Morgan fingerprint density at radius 2 is 1.94 bits per heavy atom. The highest BCUT2D eigenvalue weighted by molar-refractivity contribution is 5.97. The summed E-state index contributed by atoms with van der Waals surface area (Å²) >= 11 is 0. The predicted octanol–water partition coefficient (Wildman–Crippen LogP) is 1.36. The number of rotatable bonds is 5. The maximum absolute atomic E-state index is 12.9. The molecule has 1 aromatic rings. The molecule has 0 aliphatic heterocycles. The highest BCUT2D eigenvalue weighted by Gasteiger charge is 2.12. The van der Waals surface area contributed by atoms with Crippen molar-refractivity contribution >= 4 is 5.78 Å². The van der Waals surface area contributed by atoms with E-state index in [2.05, 4.69) is 0 Å². The Labute approximate surface area is 98.5 Å². The number of carbonyl (C=O) groups is 1. The zero-order valence-electron chi connectivity index (χ0n) is 9.06. The Kier molecular flexibility index (Phi) is 4.80. The van der Waals surface area contributed by atoms with Crippen LogP contribution < -0.4 is 0 Å². The minimum Gasteiger partial charge on any atom is -0.293 e. The molecule has 0 bridgehead atoms. The van der Waals surface area contributed by atoms with Crippen LogP contribution in [0.4, 0.5) is 4.39 Å². The molecule has 0 spiro atoms. The van der Waals surface area contributed by atoms with Gasteiger partial charge in [-0.2, -0.15) is 10.5 Å². The van der Waals surface area contributed by atoms with Crippen molar-refractivity contribution in [2.75, 3.05) is 19.6 Å². The van der Waals surface area contributed by atoms with Crippen LogP contribution in [0.15, 0.2) is 24.3 Å². The second-order valence-electron chi connectivity index (χ2n) is 3.39. The van der Waals surface area contributed by atoms with Gasteiger partial charge in [-0.25, -0.2) is 4.39 Å². The molecule has 0 N–H and O–H groups in total. The van der Waals surface area contributed by atoms with Crippen molar-refractivity contribution < 1.29 is 9.18 Å². The lowest BCUT2D eigenvalue weighted by Gasteiger charge is -2.13. The van der Waals surface area contributed by atoms with Gasteiger partial charge >= 0.3 is 0 Å². The van der Waals surface area contributed by atoms with Gasteiger partial charge < -0.3 is 0 Å². The quantitative estimate of drug-likeness (QED) is 0.566. The first-order chi connectivity index (χ1) is 8.17. The number of halogens is 1. The van der Waals surface area contributed by atoms with E-state index < -0.39 is 5.82 Å². The average Bonchev–Trinajstić information content (AvgIpc) is 2.29. The van der Waals surface area contributed by atoms with Gasteiger partial charge in [-0.3, -0.25) is 9.69 Å². The first-order valence-electron chi connectivity index (χ1n) is 4.92. The standard InChI is InChI=1S/C12H10FN3O/c13-11-3-1-2-10(8-11)12(17)9-16(6-4-14)7-5-15/h1-3,8H,6-7,9H2. The van der Waals surface area contributed by atoms with E-state index in [0.29, 0.717) is 0 Å². The number of nitriles is 2. The lowest BCUT2D eigenvalue weighted by Crippen LogP contribution is -2.30. The minimum atomic E-state index is -0.483. The van der Waals surface area contributed by atoms with E-state index in [9.17, 15) is 9.18 Å². The van der Waals surface area contributed by atoms with Crippen molar-refractivity contribution in [3.8, 4) is 12.1 Å². The summed E-state index contributed by atoms with van der Waals surface area (Å²) in [7, 11) is 0. The van der Waals surface area contributed by atoms with Crippen LogP contribution in [0.2, 0.25) is 0 Å². The van der Waals surface area contributed by atoms with E-state index in [1.54, 1.807) is 0 Å². The third kappa shape index (κ3) is 4.02. The smallest absolute Gasteiger partial charge is 0.176 e. The van der Waals surface area contributed by atoms with Crippen molar-refractivity contribution in [1.82, 2.24) is 4.90 Å². The second-order valence-corrected chi connectivity index (χ2v) is 3.39. The van der Waals surface area contributed by atoms with Crippen molar-refractivity contribution in [3.05, 3.63) is 35.6 Å². The van der Waals surface area contributed by atoms with Gasteiger partial charge in [0.1, 0.15) is 5.82 Å². The number of hydrogen-bond acceptors (Lipinski definition) is 4. The summed E-state index contributed by atoms with van der Waals surface area (Å²) in [5.74, 6) is -0.794. The summed E-state index contributed by atoms with van der Waals surface area (Å²) in [4.78, 5) is 13.1. The van der Waals surface area contributed by atoms with Crippen LogP contribution in [0.3, 0.4) is 0 Å². The van der Waals surface area contributed by atoms with Crippen LogP contribution >= 0.6 is 0 Å². The Bertz CT molecular complexity index is 471. The number of benzene rings is 1. The SMILES string of the molecule is N#CCN(CC#N)CC(=O)c1cccc(F)c1. The van der Waals surface area contributed by atoms with Crippen LogP contribution in [0.5, 0.6) is 0 Å². The van der Waals surface area contributed by atoms with E-state index >= 15 is 0 Å². The number of hydrogen-bond donors (Lipinski definition) is 0. The molecule has 4 nitrogen and oxygen atoms in total. The van der Waals surface area contributed by atoms with Gasteiger partial charge in [0.25, 0.3) is 0 Å². The molecular formula is C12H10FN3O. The zero-order chi connectivity index (χ0) is 12.7. The molecule has 0 radical (unpaired) electrons. The normalized spacial score (nSPS) is 9.65. The largest absolute Gasteiger partial charge is 0.293 e. The fourth-order valence-electron chi connectivity index (χ4n) is 1.32. The molecule has 1 rings (SSSR count). The molecule has 0 amide bonds. The van der Waals surface area contributed by atoms with Crippen LogP contribution in [0, 0.1) is 28.5 Å². The lowest BCUT2D eigenvalue weighted by atomic mass is 10.1. The first kappa shape index (κ1) is 12.8. The molecule has 0 saturated heterocycles. The van der Waals surface area contributed by atoms with E-state index in [-0.39, 0.29) is 31.0 Å². The molecule has 0 heterocycles. The van der Waals surface area contributed by atoms with Gasteiger partial charge in [0.2, 0.25) is 0 Å². The molecule has 0 aliphatic carbocycles. The van der Waals surface area contributed by atoms with Crippen molar-refractivity contribution in [2.24, 2.45) is 0 Å². The van der Waals surface area contributed by atoms with Crippen molar-refractivity contribution in [1.29, 1.82) is 10.5 Å².